The molecule has 2 heterocycles. The Bertz CT molecular complexity index is 388. The molecule has 0 spiro atoms. The topological polar surface area (TPSA) is 29.5 Å². The SMILES string of the molecule is O=C(c1cccs1)N1CCO[C@H]2CCCC[C@@H]21. The van der Waals surface area contributed by atoms with Crippen molar-refractivity contribution in [2.45, 2.75) is 37.8 Å². The number of fused-ring (bicyclic) bond motifs is 1. The number of hydrogen-bond acceptors (Lipinski definition) is 3. The third-order valence-electron chi connectivity index (χ3n) is 3.72. The van der Waals surface area contributed by atoms with Crippen molar-refractivity contribution < 1.29 is 9.53 Å². The normalized spacial score (nSPS) is 28.8. The molecule has 0 bridgehead atoms. The van der Waals surface area contributed by atoms with Gasteiger partial charge in [-0.3, -0.25) is 4.79 Å². The highest BCUT2D eigenvalue weighted by Crippen LogP contribution is 2.29. The van der Waals surface area contributed by atoms with Crippen LogP contribution in [-0.4, -0.2) is 36.1 Å². The van der Waals surface area contributed by atoms with Gasteiger partial charge < -0.3 is 9.64 Å². The van der Waals surface area contributed by atoms with E-state index in [9.17, 15) is 4.79 Å². The molecule has 1 saturated heterocycles. The van der Waals surface area contributed by atoms with Crippen molar-refractivity contribution in [1.29, 1.82) is 0 Å². The van der Waals surface area contributed by atoms with Gasteiger partial charge in [0.1, 0.15) is 0 Å². The summed E-state index contributed by atoms with van der Waals surface area (Å²) in [4.78, 5) is 15.3. The summed E-state index contributed by atoms with van der Waals surface area (Å²) in [5.74, 6) is 0.195. The van der Waals surface area contributed by atoms with Crippen LogP contribution in [0.4, 0.5) is 0 Å². The molecule has 1 saturated carbocycles. The summed E-state index contributed by atoms with van der Waals surface area (Å²) in [6.07, 6.45) is 4.95. The van der Waals surface area contributed by atoms with E-state index < -0.39 is 0 Å². The number of nitrogens with zero attached hydrogens (tertiary/aromatic N) is 1. The van der Waals surface area contributed by atoms with Gasteiger partial charge in [0, 0.05) is 6.54 Å². The van der Waals surface area contributed by atoms with Gasteiger partial charge in [0.2, 0.25) is 0 Å². The summed E-state index contributed by atoms with van der Waals surface area (Å²) in [7, 11) is 0. The van der Waals surface area contributed by atoms with Gasteiger partial charge >= 0.3 is 0 Å². The maximum absolute atomic E-state index is 12.4. The average Bonchev–Trinajstić information content (AvgIpc) is 2.91. The van der Waals surface area contributed by atoms with Crippen LogP contribution < -0.4 is 0 Å². The van der Waals surface area contributed by atoms with E-state index in [0.717, 1.165) is 24.3 Å². The quantitative estimate of drug-likeness (QED) is 0.767. The first-order valence-corrected chi connectivity index (χ1v) is 7.20. The summed E-state index contributed by atoms with van der Waals surface area (Å²) in [6.45, 7) is 1.44. The van der Waals surface area contributed by atoms with E-state index in [4.69, 9.17) is 4.74 Å². The first-order chi connectivity index (χ1) is 8.36. The molecule has 17 heavy (non-hydrogen) atoms. The van der Waals surface area contributed by atoms with Crippen molar-refractivity contribution in [2.24, 2.45) is 0 Å². The predicted molar refractivity (Wildman–Crippen MR) is 67.4 cm³/mol. The standard InChI is InChI=1S/C13H17NO2S/c15-13(12-6-3-9-17-12)14-7-8-16-11-5-2-1-4-10(11)14/h3,6,9-11H,1-2,4-5,7-8H2/t10-,11-/m0/s1. The molecule has 4 heteroatoms. The predicted octanol–water partition coefficient (Wildman–Crippen LogP) is 2.53. The van der Waals surface area contributed by atoms with E-state index in [1.807, 2.05) is 22.4 Å². The van der Waals surface area contributed by atoms with Crippen molar-refractivity contribution >= 4 is 17.2 Å². The van der Waals surface area contributed by atoms with E-state index >= 15 is 0 Å². The third kappa shape index (κ3) is 2.11. The highest BCUT2D eigenvalue weighted by molar-refractivity contribution is 7.12. The lowest BCUT2D eigenvalue weighted by Gasteiger charge is -2.43. The van der Waals surface area contributed by atoms with Crippen LogP contribution in [-0.2, 0) is 4.74 Å². The van der Waals surface area contributed by atoms with Crippen LogP contribution in [0.15, 0.2) is 17.5 Å². The Morgan fingerprint density at radius 1 is 1.41 bits per heavy atom. The van der Waals surface area contributed by atoms with Gasteiger partial charge in [-0.1, -0.05) is 18.9 Å². The van der Waals surface area contributed by atoms with Crippen molar-refractivity contribution in [3.63, 3.8) is 0 Å². The molecule has 1 aromatic heterocycles. The number of amides is 1. The monoisotopic (exact) mass is 251 g/mol. The number of ether oxygens (including phenoxy) is 1. The van der Waals surface area contributed by atoms with E-state index in [2.05, 4.69) is 0 Å². The molecule has 3 rings (SSSR count). The third-order valence-corrected chi connectivity index (χ3v) is 4.58. The highest BCUT2D eigenvalue weighted by atomic mass is 32.1. The lowest BCUT2D eigenvalue weighted by atomic mass is 9.90. The molecule has 1 aromatic rings. The van der Waals surface area contributed by atoms with Gasteiger partial charge in [-0.25, -0.2) is 0 Å². The van der Waals surface area contributed by atoms with Gasteiger partial charge in [0.15, 0.2) is 0 Å². The molecule has 0 aromatic carbocycles. The minimum absolute atomic E-state index is 0.195. The molecule has 92 valence electrons. The zero-order valence-electron chi connectivity index (χ0n) is 9.80. The van der Waals surface area contributed by atoms with Crippen molar-refractivity contribution in [1.82, 2.24) is 4.90 Å². The van der Waals surface area contributed by atoms with Crippen molar-refractivity contribution in [2.75, 3.05) is 13.2 Å². The molecule has 0 radical (unpaired) electrons. The zero-order valence-corrected chi connectivity index (χ0v) is 10.6. The van der Waals surface area contributed by atoms with Gasteiger partial charge in [-0.05, 0) is 24.3 Å². The van der Waals surface area contributed by atoms with Crippen LogP contribution in [0.2, 0.25) is 0 Å². The highest BCUT2D eigenvalue weighted by Gasteiger charge is 2.37. The molecule has 2 atom stereocenters. The number of thiophene rings is 1. The summed E-state index contributed by atoms with van der Waals surface area (Å²) in [5, 5.41) is 1.96. The number of carbonyl (C=O) groups is 1. The number of morpholine rings is 1. The summed E-state index contributed by atoms with van der Waals surface area (Å²) < 4.78 is 5.79. The molecular formula is C13H17NO2S. The molecule has 1 amide bonds. The van der Waals surface area contributed by atoms with E-state index in [1.54, 1.807) is 0 Å². The van der Waals surface area contributed by atoms with E-state index in [1.165, 1.54) is 24.2 Å². The molecule has 1 aliphatic heterocycles. The Kier molecular flexibility index (Phi) is 3.16. The lowest BCUT2D eigenvalue weighted by molar-refractivity contribution is -0.0751. The smallest absolute Gasteiger partial charge is 0.264 e. The summed E-state index contributed by atoms with van der Waals surface area (Å²) in [5.41, 5.74) is 0. The zero-order chi connectivity index (χ0) is 11.7. The largest absolute Gasteiger partial charge is 0.374 e. The Morgan fingerprint density at radius 2 is 2.29 bits per heavy atom. The van der Waals surface area contributed by atoms with Crippen LogP contribution in [0.25, 0.3) is 0 Å². The Balaban J connectivity index is 1.79. The second-order valence-corrected chi connectivity index (χ2v) is 5.68. The van der Waals surface area contributed by atoms with Crippen LogP contribution >= 0.6 is 11.3 Å². The second-order valence-electron chi connectivity index (χ2n) is 4.74. The van der Waals surface area contributed by atoms with Crippen molar-refractivity contribution in [3.05, 3.63) is 22.4 Å². The molecule has 0 unspecified atom stereocenters. The summed E-state index contributed by atoms with van der Waals surface area (Å²) in [6, 6.07) is 4.17. The number of hydrogen-bond donors (Lipinski definition) is 0. The Labute approximate surface area is 105 Å². The molecule has 3 nitrogen and oxygen atoms in total. The van der Waals surface area contributed by atoms with Crippen LogP contribution in [0, 0.1) is 0 Å². The Hall–Kier alpha value is -0.870. The molecule has 0 N–H and O–H groups in total. The Morgan fingerprint density at radius 3 is 3.12 bits per heavy atom. The minimum Gasteiger partial charge on any atom is -0.374 e. The van der Waals surface area contributed by atoms with E-state index in [-0.39, 0.29) is 12.0 Å². The van der Waals surface area contributed by atoms with Gasteiger partial charge in [0.25, 0.3) is 5.91 Å². The van der Waals surface area contributed by atoms with Gasteiger partial charge in [0.05, 0.1) is 23.6 Å². The van der Waals surface area contributed by atoms with Crippen molar-refractivity contribution in [3.8, 4) is 0 Å². The van der Waals surface area contributed by atoms with Gasteiger partial charge in [-0.2, -0.15) is 0 Å². The molecule has 2 aliphatic rings. The fourth-order valence-corrected chi connectivity index (χ4v) is 3.57. The number of carbonyl (C=O) groups excluding carboxylic acids is 1. The fraction of sp³-hybridized carbons (Fsp3) is 0.615. The fourth-order valence-electron chi connectivity index (χ4n) is 2.89. The number of rotatable bonds is 1. The van der Waals surface area contributed by atoms with Crippen LogP contribution in [0.1, 0.15) is 35.4 Å². The molecular weight excluding hydrogens is 234 g/mol. The van der Waals surface area contributed by atoms with Crippen LogP contribution in [0.5, 0.6) is 0 Å². The molecule has 1 aliphatic carbocycles. The second kappa shape index (κ2) is 4.78. The summed E-state index contributed by atoms with van der Waals surface area (Å²) >= 11 is 1.53. The first-order valence-electron chi connectivity index (χ1n) is 6.32. The molecule has 2 fully saturated rings. The van der Waals surface area contributed by atoms with E-state index in [0.29, 0.717) is 12.6 Å². The maximum Gasteiger partial charge on any atom is 0.264 e. The van der Waals surface area contributed by atoms with Crippen LogP contribution in [0.3, 0.4) is 0 Å². The lowest BCUT2D eigenvalue weighted by Crippen LogP contribution is -2.54. The minimum atomic E-state index is 0.195. The average molecular weight is 251 g/mol. The maximum atomic E-state index is 12.4. The van der Waals surface area contributed by atoms with Gasteiger partial charge in [-0.15, -0.1) is 11.3 Å². The first kappa shape index (κ1) is 11.2.